The van der Waals surface area contributed by atoms with E-state index in [1.165, 1.54) is 31.4 Å². The average molecular weight is 413 g/mol. The van der Waals surface area contributed by atoms with Gasteiger partial charge in [0.25, 0.3) is 0 Å². The van der Waals surface area contributed by atoms with Crippen molar-refractivity contribution >= 4 is 17.5 Å². The number of carbonyl (C=O) groups is 2. The molecule has 3 saturated heterocycles. The van der Waals surface area contributed by atoms with Crippen molar-refractivity contribution in [2.45, 2.75) is 63.1 Å². The molecule has 0 bridgehead atoms. The zero-order valence-corrected chi connectivity index (χ0v) is 17.6. The number of anilines is 1. The van der Waals surface area contributed by atoms with Gasteiger partial charge >= 0.3 is 0 Å². The van der Waals surface area contributed by atoms with Gasteiger partial charge in [-0.25, -0.2) is 0 Å². The van der Waals surface area contributed by atoms with Crippen LogP contribution >= 0.6 is 0 Å². The lowest BCUT2D eigenvalue weighted by molar-refractivity contribution is -0.185. The minimum absolute atomic E-state index is 0.160. The first-order valence-corrected chi connectivity index (χ1v) is 11.6. The minimum atomic E-state index is -0.249. The van der Waals surface area contributed by atoms with E-state index in [4.69, 9.17) is 9.47 Å². The highest BCUT2D eigenvalue weighted by molar-refractivity contribution is 6.00. The van der Waals surface area contributed by atoms with Gasteiger partial charge in [-0.05, 0) is 61.6 Å². The minimum Gasteiger partial charge on any atom is -0.372 e. The van der Waals surface area contributed by atoms with Crippen molar-refractivity contribution in [2.75, 3.05) is 31.2 Å². The van der Waals surface area contributed by atoms with Gasteiger partial charge in [-0.2, -0.15) is 0 Å². The molecule has 1 unspecified atom stereocenters. The molecule has 0 aromatic heterocycles. The summed E-state index contributed by atoms with van der Waals surface area (Å²) < 4.78 is 11.8. The van der Waals surface area contributed by atoms with E-state index in [0.717, 1.165) is 56.5 Å². The Labute approximate surface area is 178 Å². The fraction of sp³-hybridized carbons (Fsp3) is 0.667. The lowest BCUT2D eigenvalue weighted by atomic mass is 9.74. The molecule has 3 aliphatic heterocycles. The van der Waals surface area contributed by atoms with Crippen LogP contribution in [0.3, 0.4) is 0 Å². The summed E-state index contributed by atoms with van der Waals surface area (Å²) in [6.07, 6.45) is 8.08. The molecule has 6 nitrogen and oxygen atoms in total. The Morgan fingerprint density at radius 1 is 0.867 bits per heavy atom. The predicted molar refractivity (Wildman–Crippen MR) is 113 cm³/mol. The highest BCUT2D eigenvalue weighted by atomic mass is 16.7. The van der Waals surface area contributed by atoms with E-state index in [2.05, 4.69) is 34.5 Å². The van der Waals surface area contributed by atoms with Crippen LogP contribution in [-0.4, -0.2) is 43.9 Å². The normalized spacial score (nSPS) is 28.1. The van der Waals surface area contributed by atoms with Crippen LogP contribution in [-0.2, 0) is 19.1 Å². The summed E-state index contributed by atoms with van der Waals surface area (Å²) in [7, 11) is 0. The first-order valence-electron chi connectivity index (χ1n) is 11.6. The SMILES string of the molecule is O=C1CCC(c2ccc(N3CCC(C4CCC5(CC4)OCCO5)CC3)cc2)C(=O)N1. The van der Waals surface area contributed by atoms with Crippen LogP contribution in [0.1, 0.15) is 62.8 Å². The van der Waals surface area contributed by atoms with Gasteiger partial charge < -0.3 is 14.4 Å². The van der Waals surface area contributed by atoms with Gasteiger partial charge in [-0.1, -0.05) is 12.1 Å². The number of amides is 2. The maximum Gasteiger partial charge on any atom is 0.234 e. The van der Waals surface area contributed by atoms with Gasteiger partial charge in [-0.15, -0.1) is 0 Å². The molecule has 6 heteroatoms. The van der Waals surface area contributed by atoms with Crippen molar-refractivity contribution in [3.8, 4) is 0 Å². The first-order chi connectivity index (χ1) is 14.6. The summed E-state index contributed by atoms with van der Waals surface area (Å²) in [5, 5.41) is 2.45. The smallest absolute Gasteiger partial charge is 0.234 e. The Balaban J connectivity index is 1.13. The third kappa shape index (κ3) is 4.00. The number of nitrogens with zero attached hydrogens (tertiary/aromatic N) is 1. The largest absolute Gasteiger partial charge is 0.372 e. The summed E-state index contributed by atoms with van der Waals surface area (Å²) in [6.45, 7) is 3.70. The average Bonchev–Trinajstić information content (AvgIpc) is 3.23. The lowest BCUT2D eigenvalue weighted by Gasteiger charge is -2.42. The van der Waals surface area contributed by atoms with Gasteiger partial charge in [-0.3, -0.25) is 14.9 Å². The topological polar surface area (TPSA) is 67.9 Å². The van der Waals surface area contributed by atoms with E-state index in [1.807, 2.05) is 0 Å². The molecule has 162 valence electrons. The zero-order chi connectivity index (χ0) is 20.6. The molecule has 1 saturated carbocycles. The number of carbonyl (C=O) groups excluding carboxylic acids is 2. The van der Waals surface area contributed by atoms with E-state index >= 15 is 0 Å². The molecule has 4 aliphatic rings. The molecule has 1 aromatic rings. The van der Waals surface area contributed by atoms with Gasteiger partial charge in [0.1, 0.15) is 0 Å². The Morgan fingerprint density at radius 2 is 1.50 bits per heavy atom. The van der Waals surface area contributed by atoms with Gasteiger partial charge in [0.15, 0.2) is 5.79 Å². The number of ether oxygens (including phenoxy) is 2. The standard InChI is InChI=1S/C24H32N2O4/c27-22-6-5-21(23(28)25-22)19-1-3-20(4-2-19)26-13-9-18(10-14-26)17-7-11-24(12-8-17)29-15-16-30-24/h1-4,17-18,21H,5-16H2,(H,25,27,28). The molecule has 1 atom stereocenters. The number of piperidine rings is 2. The van der Waals surface area contributed by atoms with Crippen molar-refractivity contribution in [3.63, 3.8) is 0 Å². The molecule has 3 heterocycles. The molecule has 2 amide bonds. The molecule has 5 rings (SSSR count). The van der Waals surface area contributed by atoms with Crippen LogP contribution < -0.4 is 10.2 Å². The third-order valence-corrected chi connectivity index (χ3v) is 7.71. The van der Waals surface area contributed by atoms with Crippen LogP contribution in [0.5, 0.6) is 0 Å². The Bertz CT molecular complexity index is 769. The van der Waals surface area contributed by atoms with Crippen LogP contribution in [0.4, 0.5) is 5.69 Å². The van der Waals surface area contributed by atoms with Crippen LogP contribution in [0.2, 0.25) is 0 Å². The van der Waals surface area contributed by atoms with Gasteiger partial charge in [0, 0.05) is 38.0 Å². The zero-order valence-electron chi connectivity index (χ0n) is 17.6. The van der Waals surface area contributed by atoms with Crippen molar-refractivity contribution in [1.29, 1.82) is 0 Å². The van der Waals surface area contributed by atoms with Gasteiger partial charge in [0.05, 0.1) is 19.1 Å². The van der Waals surface area contributed by atoms with Gasteiger partial charge in [0.2, 0.25) is 11.8 Å². The van der Waals surface area contributed by atoms with Crippen molar-refractivity contribution in [1.82, 2.24) is 5.32 Å². The van der Waals surface area contributed by atoms with E-state index in [1.54, 1.807) is 0 Å². The van der Waals surface area contributed by atoms with E-state index in [9.17, 15) is 9.59 Å². The highest BCUT2D eigenvalue weighted by Crippen LogP contribution is 2.43. The quantitative estimate of drug-likeness (QED) is 0.771. The van der Waals surface area contributed by atoms with Crippen LogP contribution in [0, 0.1) is 11.8 Å². The second-order valence-electron chi connectivity index (χ2n) is 9.36. The number of imide groups is 1. The van der Waals surface area contributed by atoms with E-state index in [0.29, 0.717) is 12.8 Å². The molecular weight excluding hydrogens is 380 g/mol. The molecule has 1 aromatic carbocycles. The molecule has 0 radical (unpaired) electrons. The fourth-order valence-electron chi connectivity index (χ4n) is 5.90. The second kappa shape index (κ2) is 8.31. The van der Waals surface area contributed by atoms with E-state index < -0.39 is 0 Å². The second-order valence-corrected chi connectivity index (χ2v) is 9.36. The molecular formula is C24H32N2O4. The molecule has 1 spiro atoms. The van der Waals surface area contributed by atoms with E-state index in [-0.39, 0.29) is 23.5 Å². The number of hydrogen-bond donors (Lipinski definition) is 1. The molecule has 1 aliphatic carbocycles. The summed E-state index contributed by atoms with van der Waals surface area (Å²) in [5.74, 6) is 0.837. The summed E-state index contributed by atoms with van der Waals surface area (Å²) in [5.41, 5.74) is 2.24. The number of benzene rings is 1. The Hall–Kier alpha value is -1.92. The van der Waals surface area contributed by atoms with Crippen LogP contribution in [0.25, 0.3) is 0 Å². The number of hydrogen-bond acceptors (Lipinski definition) is 5. The maximum absolute atomic E-state index is 12.1. The predicted octanol–water partition coefficient (Wildman–Crippen LogP) is 3.36. The van der Waals surface area contributed by atoms with Crippen molar-refractivity contribution in [2.24, 2.45) is 11.8 Å². The summed E-state index contributed by atoms with van der Waals surface area (Å²) in [4.78, 5) is 25.9. The van der Waals surface area contributed by atoms with Crippen LogP contribution in [0.15, 0.2) is 24.3 Å². The highest BCUT2D eigenvalue weighted by Gasteiger charge is 2.42. The summed E-state index contributed by atoms with van der Waals surface area (Å²) in [6, 6.07) is 8.39. The Kier molecular flexibility index (Phi) is 5.54. The number of rotatable bonds is 3. The Morgan fingerprint density at radius 3 is 2.13 bits per heavy atom. The first kappa shape index (κ1) is 20.0. The molecule has 30 heavy (non-hydrogen) atoms. The molecule has 4 fully saturated rings. The summed E-state index contributed by atoms with van der Waals surface area (Å²) >= 11 is 0. The number of nitrogens with one attached hydrogen (secondary N) is 1. The van der Waals surface area contributed by atoms with Crippen molar-refractivity contribution < 1.29 is 19.1 Å². The monoisotopic (exact) mass is 412 g/mol. The molecule has 1 N–H and O–H groups in total. The maximum atomic E-state index is 12.1. The lowest BCUT2D eigenvalue weighted by Crippen LogP contribution is -2.40. The van der Waals surface area contributed by atoms with Crippen molar-refractivity contribution in [3.05, 3.63) is 29.8 Å². The fourth-order valence-corrected chi connectivity index (χ4v) is 5.90. The third-order valence-electron chi connectivity index (χ3n) is 7.71.